The zero-order valence-corrected chi connectivity index (χ0v) is 16.6. The summed E-state index contributed by atoms with van der Waals surface area (Å²) in [5, 5.41) is 4.06. The molecule has 1 aliphatic rings. The van der Waals surface area contributed by atoms with Gasteiger partial charge in [0.15, 0.2) is 0 Å². The van der Waals surface area contributed by atoms with Crippen molar-refractivity contribution in [2.24, 2.45) is 0 Å². The molecule has 3 heterocycles. The van der Waals surface area contributed by atoms with Crippen molar-refractivity contribution in [3.8, 4) is 0 Å². The number of benzene rings is 1. The van der Waals surface area contributed by atoms with E-state index in [1.54, 1.807) is 0 Å². The SMILES string of the molecule is Cc1cc(N2CCN(c3ccccn3)CC2)nc(NCc2ccc(Cl)cc2)n1. The van der Waals surface area contributed by atoms with Crippen molar-refractivity contribution in [1.82, 2.24) is 15.0 Å². The number of aromatic nitrogens is 3. The lowest BCUT2D eigenvalue weighted by atomic mass is 10.2. The third-order valence-electron chi connectivity index (χ3n) is 4.78. The van der Waals surface area contributed by atoms with Gasteiger partial charge in [-0.25, -0.2) is 9.97 Å². The zero-order valence-electron chi connectivity index (χ0n) is 15.8. The third-order valence-corrected chi connectivity index (χ3v) is 5.03. The van der Waals surface area contributed by atoms with Crippen LogP contribution in [0.25, 0.3) is 0 Å². The van der Waals surface area contributed by atoms with Crippen LogP contribution in [0.5, 0.6) is 0 Å². The largest absolute Gasteiger partial charge is 0.353 e. The van der Waals surface area contributed by atoms with Gasteiger partial charge in [0, 0.05) is 55.7 Å². The number of anilines is 3. The van der Waals surface area contributed by atoms with Gasteiger partial charge in [-0.15, -0.1) is 0 Å². The monoisotopic (exact) mass is 394 g/mol. The number of hydrogen-bond donors (Lipinski definition) is 1. The summed E-state index contributed by atoms with van der Waals surface area (Å²) in [5.41, 5.74) is 2.09. The fourth-order valence-electron chi connectivity index (χ4n) is 3.28. The number of halogens is 1. The van der Waals surface area contributed by atoms with E-state index in [2.05, 4.69) is 31.2 Å². The molecule has 2 aromatic heterocycles. The summed E-state index contributed by atoms with van der Waals surface area (Å²) < 4.78 is 0. The highest BCUT2D eigenvalue weighted by Gasteiger charge is 2.19. The lowest BCUT2D eigenvalue weighted by Crippen LogP contribution is -2.47. The second-order valence-corrected chi connectivity index (χ2v) is 7.27. The van der Waals surface area contributed by atoms with Crippen LogP contribution in [0.2, 0.25) is 5.02 Å². The van der Waals surface area contributed by atoms with Crippen molar-refractivity contribution >= 4 is 29.2 Å². The van der Waals surface area contributed by atoms with Crippen molar-refractivity contribution in [3.05, 3.63) is 71.0 Å². The summed E-state index contributed by atoms with van der Waals surface area (Å²) in [6.45, 7) is 6.32. The van der Waals surface area contributed by atoms with Gasteiger partial charge in [0.25, 0.3) is 0 Å². The molecule has 4 rings (SSSR count). The van der Waals surface area contributed by atoms with Crippen molar-refractivity contribution in [2.45, 2.75) is 13.5 Å². The Morgan fingerprint density at radius 1 is 0.929 bits per heavy atom. The van der Waals surface area contributed by atoms with E-state index in [1.807, 2.05) is 55.6 Å². The molecule has 0 saturated carbocycles. The number of piperazine rings is 1. The first-order chi connectivity index (χ1) is 13.7. The number of hydrogen-bond acceptors (Lipinski definition) is 6. The smallest absolute Gasteiger partial charge is 0.225 e. The van der Waals surface area contributed by atoms with E-state index in [4.69, 9.17) is 16.6 Å². The molecular weight excluding hydrogens is 372 g/mol. The molecule has 0 bridgehead atoms. The Balaban J connectivity index is 1.40. The molecule has 1 fully saturated rings. The molecule has 6 nitrogen and oxygen atoms in total. The number of rotatable bonds is 5. The van der Waals surface area contributed by atoms with Gasteiger partial charge in [0.05, 0.1) is 0 Å². The lowest BCUT2D eigenvalue weighted by Gasteiger charge is -2.36. The quantitative estimate of drug-likeness (QED) is 0.710. The minimum atomic E-state index is 0.650. The van der Waals surface area contributed by atoms with E-state index >= 15 is 0 Å². The Morgan fingerprint density at radius 2 is 1.64 bits per heavy atom. The van der Waals surface area contributed by atoms with Crippen LogP contribution in [-0.4, -0.2) is 41.1 Å². The van der Waals surface area contributed by atoms with Crippen LogP contribution in [0.15, 0.2) is 54.7 Å². The van der Waals surface area contributed by atoms with E-state index in [1.165, 1.54) is 0 Å². The first-order valence-corrected chi connectivity index (χ1v) is 9.80. The first-order valence-electron chi connectivity index (χ1n) is 9.42. The number of nitrogens with zero attached hydrogens (tertiary/aromatic N) is 5. The maximum absolute atomic E-state index is 5.95. The van der Waals surface area contributed by atoms with Gasteiger partial charge < -0.3 is 15.1 Å². The Kier molecular flexibility index (Phi) is 5.58. The number of nitrogens with one attached hydrogen (secondary N) is 1. The maximum atomic E-state index is 5.95. The molecule has 0 amide bonds. The molecule has 1 aromatic carbocycles. The number of aryl methyl sites for hydroxylation is 1. The molecule has 1 N–H and O–H groups in total. The molecule has 1 aliphatic heterocycles. The van der Waals surface area contributed by atoms with Crippen LogP contribution in [-0.2, 0) is 6.54 Å². The Labute approximate surface area is 170 Å². The fraction of sp³-hybridized carbons (Fsp3) is 0.286. The van der Waals surface area contributed by atoms with Gasteiger partial charge in [-0.05, 0) is 36.8 Å². The summed E-state index contributed by atoms with van der Waals surface area (Å²) in [6, 6.07) is 15.9. The van der Waals surface area contributed by atoms with Crippen molar-refractivity contribution in [3.63, 3.8) is 0 Å². The molecule has 0 aliphatic carbocycles. The van der Waals surface area contributed by atoms with Crippen LogP contribution in [0.1, 0.15) is 11.3 Å². The van der Waals surface area contributed by atoms with Gasteiger partial charge in [-0.1, -0.05) is 29.8 Å². The molecule has 1 saturated heterocycles. The maximum Gasteiger partial charge on any atom is 0.225 e. The van der Waals surface area contributed by atoms with E-state index < -0.39 is 0 Å². The fourth-order valence-corrected chi connectivity index (χ4v) is 3.41. The highest BCUT2D eigenvalue weighted by Crippen LogP contribution is 2.20. The Hall–Kier alpha value is -2.86. The molecule has 3 aromatic rings. The molecule has 0 atom stereocenters. The van der Waals surface area contributed by atoms with E-state index in [9.17, 15) is 0 Å². The van der Waals surface area contributed by atoms with Crippen LogP contribution >= 0.6 is 11.6 Å². The standard InChI is InChI=1S/C21H23ClN6/c1-16-14-20(26-21(25-16)24-15-17-5-7-18(22)8-6-17)28-12-10-27(11-13-28)19-4-2-3-9-23-19/h2-9,14H,10-13,15H2,1H3,(H,24,25,26). The van der Waals surface area contributed by atoms with E-state index in [0.29, 0.717) is 12.5 Å². The highest BCUT2D eigenvalue weighted by atomic mass is 35.5. The van der Waals surface area contributed by atoms with Crippen LogP contribution in [0.4, 0.5) is 17.6 Å². The predicted octanol–water partition coefficient (Wildman–Crippen LogP) is 3.77. The van der Waals surface area contributed by atoms with Gasteiger partial charge in [-0.3, -0.25) is 0 Å². The molecular formula is C21H23ClN6. The van der Waals surface area contributed by atoms with Gasteiger partial charge >= 0.3 is 0 Å². The van der Waals surface area contributed by atoms with Gasteiger partial charge in [0.2, 0.25) is 5.95 Å². The van der Waals surface area contributed by atoms with E-state index in [-0.39, 0.29) is 0 Å². The summed E-state index contributed by atoms with van der Waals surface area (Å²) in [4.78, 5) is 18.3. The summed E-state index contributed by atoms with van der Waals surface area (Å²) in [6.07, 6.45) is 1.84. The Bertz CT molecular complexity index is 908. The molecule has 28 heavy (non-hydrogen) atoms. The predicted molar refractivity (Wildman–Crippen MR) is 114 cm³/mol. The average Bonchev–Trinajstić information content (AvgIpc) is 2.74. The van der Waals surface area contributed by atoms with Crippen molar-refractivity contribution in [2.75, 3.05) is 41.3 Å². The summed E-state index contributed by atoms with van der Waals surface area (Å²) in [5.74, 6) is 2.65. The highest BCUT2D eigenvalue weighted by molar-refractivity contribution is 6.30. The van der Waals surface area contributed by atoms with Crippen LogP contribution in [0, 0.1) is 6.92 Å². The van der Waals surface area contributed by atoms with Gasteiger partial charge in [-0.2, -0.15) is 4.98 Å². The molecule has 0 spiro atoms. The number of pyridine rings is 1. The molecule has 144 valence electrons. The lowest BCUT2D eigenvalue weighted by molar-refractivity contribution is 0.641. The van der Waals surface area contributed by atoms with Crippen LogP contribution in [0.3, 0.4) is 0 Å². The van der Waals surface area contributed by atoms with Gasteiger partial charge in [0.1, 0.15) is 11.6 Å². The van der Waals surface area contributed by atoms with E-state index in [0.717, 1.165) is 54.1 Å². The Morgan fingerprint density at radius 3 is 2.32 bits per heavy atom. The molecule has 0 unspecified atom stereocenters. The topological polar surface area (TPSA) is 57.2 Å². The minimum absolute atomic E-state index is 0.650. The molecule has 7 heteroatoms. The average molecular weight is 395 g/mol. The van der Waals surface area contributed by atoms with Crippen LogP contribution < -0.4 is 15.1 Å². The second kappa shape index (κ2) is 8.44. The second-order valence-electron chi connectivity index (χ2n) is 6.83. The third kappa shape index (κ3) is 4.51. The summed E-state index contributed by atoms with van der Waals surface area (Å²) >= 11 is 5.95. The normalized spacial score (nSPS) is 14.2. The van der Waals surface area contributed by atoms with Crippen molar-refractivity contribution in [1.29, 1.82) is 0 Å². The first kappa shape index (κ1) is 18.5. The minimum Gasteiger partial charge on any atom is -0.353 e. The molecule has 0 radical (unpaired) electrons. The zero-order chi connectivity index (χ0) is 19.3. The van der Waals surface area contributed by atoms with Crippen molar-refractivity contribution < 1.29 is 0 Å². The summed E-state index contributed by atoms with van der Waals surface area (Å²) in [7, 11) is 0.